The quantitative estimate of drug-likeness (QED) is 0.197. The lowest BCUT2D eigenvalue weighted by atomic mass is 10.1. The standard InChI is InChI=1S/C8H16N4O3/c9-8(10)11-3-1-2-4-5(13)6(14)7(15)12-4/h4-6,13-14H,1-3H2,(H,12,15)(H4,9,10,11)/t4-,5+,6+/m0/s1. The molecule has 1 fully saturated rings. The Bertz CT molecular complexity index is 265. The fourth-order valence-corrected chi connectivity index (χ4v) is 1.49. The van der Waals surface area contributed by atoms with Crippen LogP contribution in [0.3, 0.4) is 0 Å². The molecule has 1 saturated heterocycles. The Morgan fingerprint density at radius 2 is 2.13 bits per heavy atom. The molecule has 3 atom stereocenters. The number of rotatable bonds is 4. The van der Waals surface area contributed by atoms with E-state index in [9.17, 15) is 9.90 Å². The second-order valence-electron chi connectivity index (χ2n) is 3.50. The summed E-state index contributed by atoms with van der Waals surface area (Å²) in [7, 11) is 0. The van der Waals surface area contributed by atoms with E-state index >= 15 is 0 Å². The van der Waals surface area contributed by atoms with Gasteiger partial charge in [-0.25, -0.2) is 0 Å². The molecule has 0 aromatic rings. The molecule has 86 valence electrons. The smallest absolute Gasteiger partial charge is 0.251 e. The van der Waals surface area contributed by atoms with Gasteiger partial charge >= 0.3 is 0 Å². The van der Waals surface area contributed by atoms with Crippen LogP contribution in [0.25, 0.3) is 0 Å². The number of aliphatic hydroxyl groups excluding tert-OH is 2. The summed E-state index contributed by atoms with van der Waals surface area (Å²) in [6.07, 6.45) is -1.21. The van der Waals surface area contributed by atoms with E-state index in [-0.39, 0.29) is 5.96 Å². The first-order chi connectivity index (χ1) is 7.02. The molecular weight excluding hydrogens is 200 g/mol. The van der Waals surface area contributed by atoms with Gasteiger partial charge in [0.05, 0.1) is 6.04 Å². The van der Waals surface area contributed by atoms with E-state index in [4.69, 9.17) is 16.6 Å². The molecule has 1 rings (SSSR count). The number of hydrogen-bond acceptors (Lipinski definition) is 4. The molecule has 1 aliphatic rings. The van der Waals surface area contributed by atoms with Gasteiger partial charge in [0.15, 0.2) is 12.1 Å². The molecule has 0 radical (unpaired) electrons. The van der Waals surface area contributed by atoms with E-state index in [0.717, 1.165) is 0 Å². The fourth-order valence-electron chi connectivity index (χ4n) is 1.49. The van der Waals surface area contributed by atoms with Crippen molar-refractivity contribution in [2.75, 3.05) is 6.54 Å². The minimum atomic E-state index is -1.32. The number of aliphatic imine (C=N–C) groups is 1. The van der Waals surface area contributed by atoms with Crippen LogP contribution in [0.4, 0.5) is 0 Å². The zero-order chi connectivity index (χ0) is 11.4. The zero-order valence-electron chi connectivity index (χ0n) is 8.26. The van der Waals surface area contributed by atoms with Crippen molar-refractivity contribution in [3.63, 3.8) is 0 Å². The molecule has 1 heterocycles. The Kier molecular flexibility index (Phi) is 3.87. The second kappa shape index (κ2) is 4.94. The third-order valence-electron chi connectivity index (χ3n) is 2.30. The van der Waals surface area contributed by atoms with Crippen molar-refractivity contribution in [3.05, 3.63) is 0 Å². The Hall–Kier alpha value is -1.34. The first-order valence-corrected chi connectivity index (χ1v) is 4.74. The molecular formula is C8H16N4O3. The lowest BCUT2D eigenvalue weighted by Crippen LogP contribution is -2.33. The van der Waals surface area contributed by atoms with Crippen molar-refractivity contribution in [3.8, 4) is 0 Å². The third kappa shape index (κ3) is 3.07. The van der Waals surface area contributed by atoms with Crippen LogP contribution < -0.4 is 16.8 Å². The Morgan fingerprint density at radius 3 is 2.60 bits per heavy atom. The van der Waals surface area contributed by atoms with Crippen LogP contribution in [0.2, 0.25) is 0 Å². The third-order valence-corrected chi connectivity index (χ3v) is 2.30. The second-order valence-corrected chi connectivity index (χ2v) is 3.50. The van der Waals surface area contributed by atoms with Gasteiger partial charge in [-0.15, -0.1) is 0 Å². The molecule has 0 aromatic carbocycles. The lowest BCUT2D eigenvalue weighted by molar-refractivity contribution is -0.128. The largest absolute Gasteiger partial charge is 0.388 e. The van der Waals surface area contributed by atoms with Crippen molar-refractivity contribution in [1.29, 1.82) is 0 Å². The maximum atomic E-state index is 10.9. The lowest BCUT2D eigenvalue weighted by Gasteiger charge is -2.13. The average molecular weight is 216 g/mol. The minimum Gasteiger partial charge on any atom is -0.388 e. The Labute approximate surface area is 87.2 Å². The number of nitrogens with two attached hydrogens (primary N) is 2. The van der Waals surface area contributed by atoms with E-state index in [0.29, 0.717) is 19.4 Å². The summed E-state index contributed by atoms with van der Waals surface area (Å²) in [5.41, 5.74) is 10.3. The van der Waals surface area contributed by atoms with Gasteiger partial charge < -0.3 is 27.0 Å². The van der Waals surface area contributed by atoms with Crippen molar-refractivity contribution in [2.24, 2.45) is 16.5 Å². The number of guanidine groups is 1. The van der Waals surface area contributed by atoms with Gasteiger partial charge in [-0.3, -0.25) is 9.79 Å². The molecule has 0 spiro atoms. The van der Waals surface area contributed by atoms with Crippen LogP contribution in [0.5, 0.6) is 0 Å². The van der Waals surface area contributed by atoms with Gasteiger partial charge in [0.2, 0.25) is 0 Å². The van der Waals surface area contributed by atoms with Gasteiger partial charge in [-0.2, -0.15) is 0 Å². The van der Waals surface area contributed by atoms with Crippen molar-refractivity contribution < 1.29 is 15.0 Å². The summed E-state index contributed by atoms with van der Waals surface area (Å²) in [5.74, 6) is -0.514. The topological polar surface area (TPSA) is 134 Å². The van der Waals surface area contributed by atoms with Crippen LogP contribution in [0.15, 0.2) is 4.99 Å². The van der Waals surface area contributed by atoms with Gasteiger partial charge in [-0.1, -0.05) is 0 Å². The normalized spacial score (nSPS) is 30.0. The number of nitrogens with one attached hydrogen (secondary N) is 1. The number of nitrogens with zero attached hydrogens (tertiary/aromatic N) is 1. The van der Waals surface area contributed by atoms with E-state index in [1.54, 1.807) is 0 Å². The monoisotopic (exact) mass is 216 g/mol. The summed E-state index contributed by atoms with van der Waals surface area (Å²) in [4.78, 5) is 14.7. The van der Waals surface area contributed by atoms with Gasteiger partial charge in [0.25, 0.3) is 5.91 Å². The van der Waals surface area contributed by atoms with Crippen molar-refractivity contribution >= 4 is 11.9 Å². The first-order valence-electron chi connectivity index (χ1n) is 4.74. The molecule has 15 heavy (non-hydrogen) atoms. The molecule has 7 heteroatoms. The number of carbonyl (C=O) groups excluding carboxylic acids is 1. The van der Waals surface area contributed by atoms with E-state index < -0.39 is 24.2 Å². The molecule has 1 aliphatic heterocycles. The number of hydrogen-bond donors (Lipinski definition) is 5. The fraction of sp³-hybridized carbons (Fsp3) is 0.750. The highest BCUT2D eigenvalue weighted by atomic mass is 16.3. The zero-order valence-corrected chi connectivity index (χ0v) is 8.26. The molecule has 7 N–H and O–H groups in total. The van der Waals surface area contributed by atoms with Crippen molar-refractivity contribution in [2.45, 2.75) is 31.1 Å². The highest BCUT2D eigenvalue weighted by Gasteiger charge is 2.39. The summed E-state index contributed by atoms with van der Waals surface area (Å²) < 4.78 is 0. The summed E-state index contributed by atoms with van der Waals surface area (Å²) in [6.45, 7) is 0.442. The van der Waals surface area contributed by atoms with Crippen LogP contribution in [0.1, 0.15) is 12.8 Å². The number of aliphatic hydroxyl groups is 2. The molecule has 7 nitrogen and oxygen atoms in total. The van der Waals surface area contributed by atoms with Crippen LogP contribution in [-0.4, -0.2) is 46.9 Å². The highest BCUT2D eigenvalue weighted by Crippen LogP contribution is 2.13. The summed E-state index contributed by atoms with van der Waals surface area (Å²) >= 11 is 0. The van der Waals surface area contributed by atoms with E-state index in [2.05, 4.69) is 10.3 Å². The molecule has 0 unspecified atom stereocenters. The molecule has 0 aromatic heterocycles. The maximum absolute atomic E-state index is 10.9. The molecule has 1 amide bonds. The van der Waals surface area contributed by atoms with Crippen molar-refractivity contribution in [1.82, 2.24) is 5.32 Å². The van der Waals surface area contributed by atoms with Gasteiger partial charge in [0, 0.05) is 6.54 Å². The SMILES string of the molecule is NC(N)=NCCC[C@@H]1NC(=O)[C@H](O)[C@@H]1O. The summed E-state index contributed by atoms with van der Waals surface area (Å²) in [5, 5.41) is 21.1. The number of amides is 1. The maximum Gasteiger partial charge on any atom is 0.251 e. The van der Waals surface area contributed by atoms with Gasteiger partial charge in [-0.05, 0) is 12.8 Å². The predicted molar refractivity (Wildman–Crippen MR) is 53.9 cm³/mol. The van der Waals surface area contributed by atoms with Crippen LogP contribution in [0, 0.1) is 0 Å². The number of carbonyl (C=O) groups is 1. The van der Waals surface area contributed by atoms with Crippen LogP contribution >= 0.6 is 0 Å². The highest BCUT2D eigenvalue weighted by molar-refractivity contribution is 5.84. The Balaban J connectivity index is 2.28. The van der Waals surface area contributed by atoms with Gasteiger partial charge in [0.1, 0.15) is 6.10 Å². The molecule has 0 saturated carbocycles. The Morgan fingerprint density at radius 1 is 1.47 bits per heavy atom. The molecule has 0 bridgehead atoms. The predicted octanol–water partition coefficient (Wildman–Crippen LogP) is -2.74. The van der Waals surface area contributed by atoms with Crippen LogP contribution in [-0.2, 0) is 4.79 Å². The first kappa shape index (κ1) is 11.7. The summed E-state index contributed by atoms with van der Waals surface area (Å²) in [6, 6.07) is -0.415. The minimum absolute atomic E-state index is 0.0195. The van der Waals surface area contributed by atoms with E-state index in [1.807, 2.05) is 0 Å². The molecule has 0 aliphatic carbocycles. The average Bonchev–Trinajstić information content (AvgIpc) is 2.41. The van der Waals surface area contributed by atoms with E-state index in [1.165, 1.54) is 0 Å².